The Kier molecular flexibility index (Phi) is 4.76. The number of hydrogen-bond donors (Lipinski definition) is 0. The van der Waals surface area contributed by atoms with Crippen LogP contribution in [0.3, 0.4) is 0 Å². The van der Waals surface area contributed by atoms with E-state index >= 15 is 0 Å². The summed E-state index contributed by atoms with van der Waals surface area (Å²) in [5, 5.41) is 0. The molecular formula is C17H23NO3. The lowest BCUT2D eigenvalue weighted by Crippen LogP contribution is -2.34. The average molecular weight is 289 g/mol. The van der Waals surface area contributed by atoms with Crippen LogP contribution in [0.5, 0.6) is 0 Å². The minimum Gasteiger partial charge on any atom is -0.468 e. The fraction of sp³-hybridized carbons (Fsp3) is 0.588. The molecule has 2 atom stereocenters. The second-order valence-corrected chi connectivity index (χ2v) is 5.96. The van der Waals surface area contributed by atoms with Gasteiger partial charge in [0.25, 0.3) is 0 Å². The number of nitrogens with zero attached hydrogens (tertiary/aromatic N) is 1. The van der Waals surface area contributed by atoms with Gasteiger partial charge in [0.1, 0.15) is 12.4 Å². The normalized spacial score (nSPS) is 26.1. The van der Waals surface area contributed by atoms with E-state index in [1.807, 2.05) is 12.1 Å². The molecule has 3 rings (SSSR count). The molecule has 1 saturated heterocycles. The van der Waals surface area contributed by atoms with Gasteiger partial charge in [0.05, 0.1) is 18.7 Å². The van der Waals surface area contributed by atoms with E-state index in [4.69, 9.17) is 9.15 Å². The first-order valence-corrected chi connectivity index (χ1v) is 7.91. The molecule has 2 heterocycles. The van der Waals surface area contributed by atoms with Gasteiger partial charge in [-0.1, -0.05) is 12.2 Å². The van der Waals surface area contributed by atoms with E-state index in [9.17, 15) is 4.79 Å². The number of carbonyl (C=O) groups is 1. The molecule has 1 aliphatic heterocycles. The average Bonchev–Trinajstić information content (AvgIpc) is 3.18. The molecule has 0 radical (unpaired) electrons. The molecule has 0 bridgehead atoms. The van der Waals surface area contributed by atoms with Crippen LogP contribution in [-0.4, -0.2) is 30.1 Å². The summed E-state index contributed by atoms with van der Waals surface area (Å²) in [6.07, 6.45) is 11.0. The summed E-state index contributed by atoms with van der Waals surface area (Å²) in [7, 11) is 0. The fourth-order valence-corrected chi connectivity index (χ4v) is 3.20. The van der Waals surface area contributed by atoms with Crippen molar-refractivity contribution < 1.29 is 13.9 Å². The summed E-state index contributed by atoms with van der Waals surface area (Å²) < 4.78 is 11.0. The first kappa shape index (κ1) is 14.4. The molecule has 4 heteroatoms. The maximum Gasteiger partial charge on any atom is 0.309 e. The van der Waals surface area contributed by atoms with Crippen LogP contribution in [0.4, 0.5) is 0 Å². The van der Waals surface area contributed by atoms with Crippen LogP contribution in [0.1, 0.15) is 37.9 Å². The van der Waals surface area contributed by atoms with Crippen LogP contribution in [-0.2, 0) is 16.1 Å². The van der Waals surface area contributed by atoms with Crippen LogP contribution >= 0.6 is 0 Å². The summed E-state index contributed by atoms with van der Waals surface area (Å²) in [6.45, 7) is 2.37. The van der Waals surface area contributed by atoms with E-state index in [1.54, 1.807) is 6.26 Å². The predicted octanol–water partition coefficient (Wildman–Crippen LogP) is 3.14. The van der Waals surface area contributed by atoms with Crippen LogP contribution in [0.15, 0.2) is 35.0 Å². The van der Waals surface area contributed by atoms with E-state index in [0.29, 0.717) is 12.6 Å². The maximum atomic E-state index is 12.1. The van der Waals surface area contributed by atoms with E-state index in [1.165, 1.54) is 0 Å². The zero-order valence-corrected chi connectivity index (χ0v) is 12.4. The summed E-state index contributed by atoms with van der Waals surface area (Å²) in [5.74, 6) is 1.02. The van der Waals surface area contributed by atoms with Gasteiger partial charge in [-0.15, -0.1) is 0 Å². The fourth-order valence-electron chi connectivity index (χ4n) is 3.20. The van der Waals surface area contributed by atoms with Crippen molar-refractivity contribution in [2.24, 2.45) is 5.92 Å². The number of esters is 1. The molecule has 0 saturated carbocycles. The first-order valence-electron chi connectivity index (χ1n) is 7.91. The molecule has 21 heavy (non-hydrogen) atoms. The van der Waals surface area contributed by atoms with Crippen LogP contribution in [0, 0.1) is 5.92 Å². The lowest BCUT2D eigenvalue weighted by Gasteiger charge is -2.24. The highest BCUT2D eigenvalue weighted by Crippen LogP contribution is 2.23. The molecule has 0 spiro atoms. The predicted molar refractivity (Wildman–Crippen MR) is 79.6 cm³/mol. The third kappa shape index (κ3) is 3.76. The molecule has 1 fully saturated rings. The first-order chi connectivity index (χ1) is 10.3. The molecule has 2 unspecified atom stereocenters. The van der Waals surface area contributed by atoms with Crippen molar-refractivity contribution >= 4 is 5.97 Å². The maximum absolute atomic E-state index is 12.1. The molecule has 0 N–H and O–H groups in total. The third-order valence-corrected chi connectivity index (χ3v) is 4.46. The number of ether oxygens (including phenoxy) is 1. The van der Waals surface area contributed by atoms with Crippen LogP contribution in [0.25, 0.3) is 0 Å². The Balaban J connectivity index is 1.47. The van der Waals surface area contributed by atoms with Gasteiger partial charge >= 0.3 is 5.97 Å². The van der Waals surface area contributed by atoms with Crippen molar-refractivity contribution in [2.75, 3.05) is 13.2 Å². The van der Waals surface area contributed by atoms with Gasteiger partial charge in [-0.25, -0.2) is 0 Å². The van der Waals surface area contributed by atoms with Crippen molar-refractivity contribution in [1.82, 2.24) is 4.90 Å². The van der Waals surface area contributed by atoms with Crippen LogP contribution in [0.2, 0.25) is 0 Å². The number of carbonyl (C=O) groups excluding carboxylic acids is 1. The molecule has 1 aromatic heterocycles. The summed E-state index contributed by atoms with van der Waals surface area (Å²) in [6, 6.07) is 4.24. The molecule has 1 aliphatic carbocycles. The van der Waals surface area contributed by atoms with Gasteiger partial charge in [0.15, 0.2) is 0 Å². The quantitative estimate of drug-likeness (QED) is 0.617. The highest BCUT2D eigenvalue weighted by Gasteiger charge is 2.28. The van der Waals surface area contributed by atoms with Crippen molar-refractivity contribution in [3.63, 3.8) is 0 Å². The Hall–Kier alpha value is -1.55. The molecule has 2 aliphatic rings. The zero-order chi connectivity index (χ0) is 14.5. The Morgan fingerprint density at radius 1 is 1.38 bits per heavy atom. The second kappa shape index (κ2) is 6.94. The lowest BCUT2D eigenvalue weighted by atomic mass is 9.95. The van der Waals surface area contributed by atoms with Crippen molar-refractivity contribution in [2.45, 2.75) is 44.7 Å². The summed E-state index contributed by atoms with van der Waals surface area (Å²) in [5.41, 5.74) is 0. The minimum atomic E-state index is -0.0239. The number of hydrogen-bond acceptors (Lipinski definition) is 4. The van der Waals surface area contributed by atoms with Gasteiger partial charge in [-0.2, -0.15) is 0 Å². The van der Waals surface area contributed by atoms with Gasteiger partial charge < -0.3 is 9.15 Å². The van der Waals surface area contributed by atoms with E-state index < -0.39 is 0 Å². The molecule has 1 aromatic rings. The number of furan rings is 1. The molecular weight excluding hydrogens is 266 g/mol. The minimum absolute atomic E-state index is 0.0239. The summed E-state index contributed by atoms with van der Waals surface area (Å²) in [4.78, 5) is 14.4. The topological polar surface area (TPSA) is 42.7 Å². The van der Waals surface area contributed by atoms with Gasteiger partial charge in [0.2, 0.25) is 0 Å². The second-order valence-electron chi connectivity index (χ2n) is 5.96. The molecule has 114 valence electrons. The Bertz CT molecular complexity index is 480. The Morgan fingerprint density at radius 2 is 2.33 bits per heavy atom. The highest BCUT2D eigenvalue weighted by atomic mass is 16.5. The van der Waals surface area contributed by atoms with E-state index in [2.05, 4.69) is 17.1 Å². The largest absolute Gasteiger partial charge is 0.468 e. The SMILES string of the molecule is O=C(OCC1CCCN1Cc1ccco1)C1CC=CCC1. The lowest BCUT2D eigenvalue weighted by molar-refractivity contribution is -0.150. The molecule has 0 aromatic carbocycles. The Labute approximate surface area is 125 Å². The van der Waals surface area contributed by atoms with E-state index in [0.717, 1.165) is 51.0 Å². The van der Waals surface area contributed by atoms with E-state index in [-0.39, 0.29) is 11.9 Å². The number of likely N-dealkylation sites (tertiary alicyclic amines) is 1. The monoisotopic (exact) mass is 289 g/mol. The van der Waals surface area contributed by atoms with Crippen molar-refractivity contribution in [3.05, 3.63) is 36.3 Å². The highest BCUT2D eigenvalue weighted by molar-refractivity contribution is 5.72. The van der Waals surface area contributed by atoms with Crippen molar-refractivity contribution in [1.29, 1.82) is 0 Å². The number of allylic oxidation sites excluding steroid dienone is 2. The zero-order valence-electron chi connectivity index (χ0n) is 12.4. The summed E-state index contributed by atoms with van der Waals surface area (Å²) >= 11 is 0. The third-order valence-electron chi connectivity index (χ3n) is 4.46. The smallest absolute Gasteiger partial charge is 0.309 e. The van der Waals surface area contributed by atoms with Crippen molar-refractivity contribution in [3.8, 4) is 0 Å². The standard InChI is InChI=1S/C17H23NO3/c19-17(14-6-2-1-3-7-14)21-13-15-8-4-10-18(15)12-16-9-5-11-20-16/h1-2,5,9,11,14-15H,3-4,6-8,10,12-13H2. The molecule has 0 amide bonds. The van der Waals surface area contributed by atoms with Gasteiger partial charge in [0, 0.05) is 6.04 Å². The van der Waals surface area contributed by atoms with Gasteiger partial charge in [-0.3, -0.25) is 9.69 Å². The number of rotatable bonds is 5. The van der Waals surface area contributed by atoms with Crippen LogP contribution < -0.4 is 0 Å². The Morgan fingerprint density at radius 3 is 3.10 bits per heavy atom. The van der Waals surface area contributed by atoms with Gasteiger partial charge in [-0.05, 0) is 50.8 Å². The molecule has 4 nitrogen and oxygen atoms in total.